The number of rotatable bonds is 5. The summed E-state index contributed by atoms with van der Waals surface area (Å²) in [4.78, 5) is 17.0. The molecule has 0 bridgehead atoms. The first-order chi connectivity index (χ1) is 9.79. The van der Waals surface area contributed by atoms with Gasteiger partial charge in [-0.1, -0.05) is 20.8 Å². The molecule has 0 aliphatic heterocycles. The minimum absolute atomic E-state index is 0.0226. The van der Waals surface area contributed by atoms with Gasteiger partial charge in [-0.2, -0.15) is 5.10 Å². The van der Waals surface area contributed by atoms with Crippen LogP contribution in [0.5, 0.6) is 0 Å². The van der Waals surface area contributed by atoms with E-state index in [2.05, 4.69) is 36.9 Å². The summed E-state index contributed by atoms with van der Waals surface area (Å²) in [6, 6.07) is 2.05. The van der Waals surface area contributed by atoms with Crippen molar-refractivity contribution in [3.63, 3.8) is 0 Å². The zero-order valence-corrected chi connectivity index (χ0v) is 13.0. The fourth-order valence-electron chi connectivity index (χ4n) is 2.14. The number of carboxylic acid groups (broad SMARTS) is 1. The fraction of sp³-hybridized carbons (Fsp3) is 0.533. The van der Waals surface area contributed by atoms with Crippen LogP contribution < -0.4 is 4.90 Å². The van der Waals surface area contributed by atoms with Crippen LogP contribution in [0.2, 0.25) is 0 Å². The topological polar surface area (TPSA) is 70.7 Å². The Balaban J connectivity index is 2.27. The maximum Gasteiger partial charge on any atom is 0.303 e. The van der Waals surface area contributed by atoms with E-state index < -0.39 is 5.97 Å². The van der Waals surface area contributed by atoms with Crippen LogP contribution in [0.1, 0.15) is 39.3 Å². The largest absolute Gasteiger partial charge is 0.481 e. The number of hydrogen-bond acceptors (Lipinski definition) is 4. The van der Waals surface area contributed by atoms with Gasteiger partial charge < -0.3 is 10.0 Å². The molecule has 21 heavy (non-hydrogen) atoms. The molecule has 2 rings (SSSR count). The minimum atomic E-state index is -0.770. The van der Waals surface area contributed by atoms with Crippen molar-refractivity contribution in [1.29, 1.82) is 0 Å². The number of aliphatic carboxylic acids is 1. The number of nitrogens with zero attached hydrogens (tertiary/aromatic N) is 4. The monoisotopic (exact) mass is 290 g/mol. The lowest BCUT2D eigenvalue weighted by molar-refractivity contribution is -0.137. The number of fused-ring (bicyclic) bond motifs is 1. The van der Waals surface area contributed by atoms with Crippen LogP contribution in [0.15, 0.2) is 18.5 Å². The summed E-state index contributed by atoms with van der Waals surface area (Å²) in [6.07, 6.45) is 4.31. The van der Waals surface area contributed by atoms with Crippen molar-refractivity contribution >= 4 is 17.3 Å². The predicted molar refractivity (Wildman–Crippen MR) is 81.8 cm³/mol. The zero-order valence-electron chi connectivity index (χ0n) is 13.0. The third kappa shape index (κ3) is 3.51. The maximum absolute atomic E-state index is 10.6. The predicted octanol–water partition coefficient (Wildman–Crippen LogP) is 2.33. The number of carbonyl (C=O) groups is 1. The van der Waals surface area contributed by atoms with Gasteiger partial charge >= 0.3 is 5.97 Å². The second-order valence-corrected chi connectivity index (χ2v) is 6.28. The lowest BCUT2D eigenvalue weighted by Crippen LogP contribution is -2.21. The van der Waals surface area contributed by atoms with Gasteiger partial charge in [0.2, 0.25) is 0 Å². The normalized spacial score (nSPS) is 11.8. The van der Waals surface area contributed by atoms with Crippen molar-refractivity contribution in [2.75, 3.05) is 18.5 Å². The molecule has 0 aliphatic rings. The van der Waals surface area contributed by atoms with Crippen molar-refractivity contribution in [1.82, 2.24) is 14.6 Å². The van der Waals surface area contributed by atoms with E-state index in [1.165, 1.54) is 0 Å². The third-order valence-corrected chi connectivity index (χ3v) is 3.38. The summed E-state index contributed by atoms with van der Waals surface area (Å²) in [5.74, 6) is 0.0554. The lowest BCUT2D eigenvalue weighted by Gasteiger charge is -2.18. The zero-order chi connectivity index (χ0) is 15.6. The Labute approximate surface area is 124 Å². The molecule has 0 radical (unpaired) electrons. The average molecular weight is 290 g/mol. The van der Waals surface area contributed by atoms with Crippen LogP contribution in [0.25, 0.3) is 5.52 Å². The summed E-state index contributed by atoms with van der Waals surface area (Å²) in [6.45, 7) is 7.02. The highest BCUT2D eigenvalue weighted by Gasteiger charge is 2.19. The molecule has 2 heterocycles. The number of aromatic nitrogens is 3. The smallest absolute Gasteiger partial charge is 0.303 e. The Kier molecular flexibility index (Phi) is 4.16. The molecule has 0 aliphatic carbocycles. The Morgan fingerprint density at radius 3 is 2.76 bits per heavy atom. The number of anilines is 1. The van der Waals surface area contributed by atoms with E-state index in [9.17, 15) is 4.79 Å². The molecule has 2 aromatic rings. The van der Waals surface area contributed by atoms with E-state index in [0.29, 0.717) is 13.0 Å². The van der Waals surface area contributed by atoms with Crippen LogP contribution in [-0.2, 0) is 10.2 Å². The summed E-state index contributed by atoms with van der Waals surface area (Å²) < 4.78 is 1.83. The lowest BCUT2D eigenvalue weighted by atomic mass is 9.92. The summed E-state index contributed by atoms with van der Waals surface area (Å²) in [5, 5.41) is 13.3. The third-order valence-electron chi connectivity index (χ3n) is 3.38. The van der Waals surface area contributed by atoms with Crippen molar-refractivity contribution in [3.05, 3.63) is 24.2 Å². The van der Waals surface area contributed by atoms with Gasteiger partial charge in [-0.05, 0) is 12.5 Å². The molecule has 0 unspecified atom stereocenters. The number of hydrogen-bond donors (Lipinski definition) is 1. The molecule has 6 nitrogen and oxygen atoms in total. The van der Waals surface area contributed by atoms with Crippen LogP contribution in [0.4, 0.5) is 5.82 Å². The molecule has 114 valence electrons. The van der Waals surface area contributed by atoms with Gasteiger partial charge in [0.25, 0.3) is 0 Å². The van der Waals surface area contributed by atoms with E-state index >= 15 is 0 Å². The van der Waals surface area contributed by atoms with Gasteiger partial charge in [0.05, 0.1) is 5.69 Å². The summed E-state index contributed by atoms with van der Waals surface area (Å²) >= 11 is 0. The quantitative estimate of drug-likeness (QED) is 0.915. The van der Waals surface area contributed by atoms with E-state index in [0.717, 1.165) is 17.0 Å². The fourth-order valence-corrected chi connectivity index (χ4v) is 2.14. The highest BCUT2D eigenvalue weighted by atomic mass is 16.4. The van der Waals surface area contributed by atoms with Gasteiger partial charge in [-0.15, -0.1) is 0 Å². The highest BCUT2D eigenvalue weighted by molar-refractivity contribution is 5.69. The van der Waals surface area contributed by atoms with E-state index in [1.807, 2.05) is 22.7 Å². The molecule has 0 spiro atoms. The molecule has 0 saturated heterocycles. The van der Waals surface area contributed by atoms with Crippen LogP contribution in [0, 0.1) is 0 Å². The second-order valence-electron chi connectivity index (χ2n) is 6.28. The maximum atomic E-state index is 10.6. The molecular weight excluding hydrogens is 268 g/mol. The van der Waals surface area contributed by atoms with Gasteiger partial charge in [0, 0.05) is 37.8 Å². The standard InChI is InChI=1S/C15H22N4O2/c1-15(2,3)12-10-11-14(16-7-9-19(11)17-12)18(4)8-5-6-13(20)21/h7,9-10H,5-6,8H2,1-4H3,(H,20,21). The van der Waals surface area contributed by atoms with E-state index in [4.69, 9.17) is 5.11 Å². The first kappa shape index (κ1) is 15.3. The molecule has 0 fully saturated rings. The van der Waals surface area contributed by atoms with Crippen LogP contribution >= 0.6 is 0 Å². The second kappa shape index (κ2) is 5.71. The SMILES string of the molecule is CN(CCCC(=O)O)c1nccn2nc(C(C)(C)C)cc12. The first-order valence-corrected chi connectivity index (χ1v) is 7.07. The average Bonchev–Trinajstić information content (AvgIpc) is 2.81. The van der Waals surface area contributed by atoms with Crippen molar-refractivity contribution < 1.29 is 9.90 Å². The Hall–Kier alpha value is -2.11. The molecule has 0 aromatic carbocycles. The Morgan fingerprint density at radius 2 is 2.14 bits per heavy atom. The van der Waals surface area contributed by atoms with E-state index in [-0.39, 0.29) is 11.8 Å². The Morgan fingerprint density at radius 1 is 1.43 bits per heavy atom. The molecule has 0 atom stereocenters. The minimum Gasteiger partial charge on any atom is -0.481 e. The van der Waals surface area contributed by atoms with Crippen LogP contribution in [-0.4, -0.2) is 39.3 Å². The van der Waals surface area contributed by atoms with Crippen molar-refractivity contribution in [2.24, 2.45) is 0 Å². The molecule has 1 N–H and O–H groups in total. The van der Waals surface area contributed by atoms with Crippen molar-refractivity contribution in [3.8, 4) is 0 Å². The van der Waals surface area contributed by atoms with Gasteiger partial charge in [-0.25, -0.2) is 9.50 Å². The molecule has 0 amide bonds. The molecular formula is C15H22N4O2. The summed E-state index contributed by atoms with van der Waals surface area (Å²) in [7, 11) is 1.92. The molecule has 2 aromatic heterocycles. The summed E-state index contributed by atoms with van der Waals surface area (Å²) in [5.41, 5.74) is 1.93. The van der Waals surface area contributed by atoms with Gasteiger partial charge in [0.15, 0.2) is 5.82 Å². The van der Waals surface area contributed by atoms with Crippen molar-refractivity contribution in [2.45, 2.75) is 39.0 Å². The molecule has 6 heteroatoms. The van der Waals surface area contributed by atoms with Gasteiger partial charge in [-0.3, -0.25) is 4.79 Å². The first-order valence-electron chi connectivity index (χ1n) is 7.07. The molecule has 0 saturated carbocycles. The number of carboxylic acids is 1. The van der Waals surface area contributed by atoms with Gasteiger partial charge in [0.1, 0.15) is 5.52 Å². The van der Waals surface area contributed by atoms with E-state index in [1.54, 1.807) is 6.20 Å². The Bertz CT molecular complexity index is 643. The highest BCUT2D eigenvalue weighted by Crippen LogP contribution is 2.25. The van der Waals surface area contributed by atoms with Crippen LogP contribution in [0.3, 0.4) is 0 Å².